The summed E-state index contributed by atoms with van der Waals surface area (Å²) in [7, 11) is 0. The van der Waals surface area contributed by atoms with Gasteiger partial charge in [-0.3, -0.25) is 0 Å². The third-order valence-electron chi connectivity index (χ3n) is 1.67. The molecule has 1 aromatic rings. The quantitative estimate of drug-likeness (QED) is 0.734. The van der Waals surface area contributed by atoms with Crippen molar-refractivity contribution in [3.05, 3.63) is 29.6 Å². The number of benzene rings is 1. The highest BCUT2D eigenvalue weighted by molar-refractivity contribution is 5.53. The summed E-state index contributed by atoms with van der Waals surface area (Å²) >= 11 is 0. The molecule has 0 unspecified atom stereocenters. The summed E-state index contributed by atoms with van der Waals surface area (Å²) in [6, 6.07) is 2.88. The van der Waals surface area contributed by atoms with Gasteiger partial charge in [0.25, 0.3) is 0 Å². The summed E-state index contributed by atoms with van der Waals surface area (Å²) < 4.78 is 50.0. The van der Waals surface area contributed by atoms with Crippen molar-refractivity contribution in [2.45, 2.75) is 13.1 Å². The number of anilines is 1. The summed E-state index contributed by atoms with van der Waals surface area (Å²) in [6.07, 6.45) is -4.53. The monoisotopic (exact) mass is 207 g/mol. The van der Waals surface area contributed by atoms with Crippen molar-refractivity contribution in [1.29, 1.82) is 0 Å². The Bertz CT molecular complexity index is 319. The van der Waals surface area contributed by atoms with Gasteiger partial charge in [0.1, 0.15) is 5.82 Å². The number of para-hydroxylation sites is 1. The highest BCUT2D eigenvalue weighted by atomic mass is 19.4. The van der Waals surface area contributed by atoms with Crippen molar-refractivity contribution < 1.29 is 17.6 Å². The van der Waals surface area contributed by atoms with Gasteiger partial charge in [0.2, 0.25) is 0 Å². The Kier molecular flexibility index (Phi) is 2.98. The average molecular weight is 207 g/mol. The van der Waals surface area contributed by atoms with Gasteiger partial charge in [0, 0.05) is 6.54 Å². The minimum Gasteiger partial charge on any atom is -0.382 e. The van der Waals surface area contributed by atoms with Crippen LogP contribution in [0.3, 0.4) is 0 Å². The lowest BCUT2D eigenvalue weighted by molar-refractivity contribution is -0.137. The van der Waals surface area contributed by atoms with Crippen LogP contribution >= 0.6 is 0 Å². The fourth-order valence-electron chi connectivity index (χ4n) is 1.12. The van der Waals surface area contributed by atoms with E-state index >= 15 is 0 Å². The predicted octanol–water partition coefficient (Wildman–Crippen LogP) is 3.28. The van der Waals surface area contributed by atoms with Crippen LogP contribution in [0.4, 0.5) is 23.2 Å². The summed E-state index contributed by atoms with van der Waals surface area (Å²) in [6.45, 7) is 1.84. The molecule has 1 rings (SSSR count). The Hall–Kier alpha value is -1.26. The van der Waals surface area contributed by atoms with Gasteiger partial charge in [-0.25, -0.2) is 4.39 Å². The maximum atomic E-state index is 13.0. The highest BCUT2D eigenvalue weighted by Gasteiger charge is 2.34. The molecule has 0 amide bonds. The Balaban J connectivity index is 3.21. The molecule has 1 N–H and O–H groups in total. The zero-order chi connectivity index (χ0) is 10.8. The zero-order valence-electron chi connectivity index (χ0n) is 7.45. The molecular formula is C9H9F4N. The van der Waals surface area contributed by atoms with E-state index in [1.54, 1.807) is 6.92 Å². The maximum Gasteiger partial charge on any atom is 0.418 e. The first-order valence-electron chi connectivity index (χ1n) is 4.06. The fourth-order valence-corrected chi connectivity index (χ4v) is 1.12. The molecule has 0 heterocycles. The normalized spacial score (nSPS) is 11.5. The van der Waals surface area contributed by atoms with E-state index in [-0.39, 0.29) is 6.54 Å². The van der Waals surface area contributed by atoms with Gasteiger partial charge < -0.3 is 5.32 Å². The Morgan fingerprint density at radius 3 is 2.43 bits per heavy atom. The van der Waals surface area contributed by atoms with Crippen molar-refractivity contribution >= 4 is 5.69 Å². The number of alkyl halides is 3. The molecule has 1 nitrogen and oxygen atoms in total. The molecule has 0 radical (unpaired) electrons. The first-order chi connectivity index (χ1) is 6.46. The molecule has 0 spiro atoms. The molecule has 0 aliphatic rings. The van der Waals surface area contributed by atoms with Crippen LogP contribution in [0.5, 0.6) is 0 Å². The van der Waals surface area contributed by atoms with E-state index < -0.39 is 23.2 Å². The van der Waals surface area contributed by atoms with Gasteiger partial charge in [-0.1, -0.05) is 6.07 Å². The molecule has 0 saturated carbocycles. The molecule has 0 bridgehead atoms. The molecule has 0 saturated heterocycles. The predicted molar refractivity (Wildman–Crippen MR) is 45.6 cm³/mol. The minimum absolute atomic E-state index is 0.240. The molecule has 0 atom stereocenters. The number of hydrogen-bond acceptors (Lipinski definition) is 1. The van der Waals surface area contributed by atoms with E-state index in [1.165, 1.54) is 0 Å². The van der Waals surface area contributed by atoms with Crippen molar-refractivity contribution in [3.63, 3.8) is 0 Å². The van der Waals surface area contributed by atoms with Crippen LogP contribution in [-0.4, -0.2) is 6.54 Å². The first-order valence-corrected chi connectivity index (χ1v) is 4.06. The fraction of sp³-hybridized carbons (Fsp3) is 0.333. The third-order valence-corrected chi connectivity index (χ3v) is 1.67. The lowest BCUT2D eigenvalue weighted by atomic mass is 10.1. The van der Waals surface area contributed by atoms with E-state index in [0.29, 0.717) is 0 Å². The number of halogens is 4. The second-order valence-corrected chi connectivity index (χ2v) is 2.69. The van der Waals surface area contributed by atoms with E-state index in [4.69, 9.17) is 0 Å². The summed E-state index contributed by atoms with van der Waals surface area (Å²) in [5.41, 5.74) is -1.46. The van der Waals surface area contributed by atoms with Crippen LogP contribution < -0.4 is 5.32 Å². The Labute approximate surface area is 78.7 Å². The van der Waals surface area contributed by atoms with Crippen molar-refractivity contribution in [3.8, 4) is 0 Å². The second-order valence-electron chi connectivity index (χ2n) is 2.69. The smallest absolute Gasteiger partial charge is 0.382 e. The molecule has 78 valence electrons. The van der Waals surface area contributed by atoms with Crippen LogP contribution in [0, 0.1) is 5.82 Å². The second kappa shape index (κ2) is 3.86. The zero-order valence-corrected chi connectivity index (χ0v) is 7.45. The highest BCUT2D eigenvalue weighted by Crippen LogP contribution is 2.35. The SMILES string of the molecule is CCNc1c(F)cccc1C(F)(F)F. The van der Waals surface area contributed by atoms with Crippen LogP contribution in [0.2, 0.25) is 0 Å². The van der Waals surface area contributed by atoms with E-state index in [2.05, 4.69) is 5.32 Å². The van der Waals surface area contributed by atoms with Gasteiger partial charge in [0.05, 0.1) is 11.3 Å². The number of nitrogens with one attached hydrogen (secondary N) is 1. The lowest BCUT2D eigenvalue weighted by Crippen LogP contribution is -2.12. The number of rotatable bonds is 2. The first kappa shape index (κ1) is 10.8. The molecule has 0 fully saturated rings. The molecule has 1 aromatic carbocycles. The summed E-state index contributed by atoms with van der Waals surface area (Å²) in [4.78, 5) is 0. The van der Waals surface area contributed by atoms with Gasteiger partial charge in [-0.15, -0.1) is 0 Å². The molecule has 0 aromatic heterocycles. The number of hydrogen-bond donors (Lipinski definition) is 1. The van der Waals surface area contributed by atoms with Crippen molar-refractivity contribution in [2.24, 2.45) is 0 Å². The lowest BCUT2D eigenvalue weighted by Gasteiger charge is -2.13. The molecule has 0 aliphatic carbocycles. The average Bonchev–Trinajstić information content (AvgIpc) is 2.07. The van der Waals surface area contributed by atoms with E-state index in [1.807, 2.05) is 0 Å². The molecule has 14 heavy (non-hydrogen) atoms. The van der Waals surface area contributed by atoms with Gasteiger partial charge >= 0.3 is 6.18 Å². The summed E-state index contributed by atoms with van der Waals surface area (Å²) in [5, 5.41) is 2.36. The standard InChI is InChI=1S/C9H9F4N/c1-2-14-8-6(9(11,12)13)4-3-5-7(8)10/h3-5,14H,2H2,1H3. The maximum absolute atomic E-state index is 13.0. The minimum atomic E-state index is -4.53. The third kappa shape index (κ3) is 2.16. The largest absolute Gasteiger partial charge is 0.418 e. The van der Waals surface area contributed by atoms with Gasteiger partial charge in [0.15, 0.2) is 0 Å². The Morgan fingerprint density at radius 2 is 1.93 bits per heavy atom. The van der Waals surface area contributed by atoms with Gasteiger partial charge in [-0.2, -0.15) is 13.2 Å². The van der Waals surface area contributed by atoms with Crippen LogP contribution in [-0.2, 0) is 6.18 Å². The van der Waals surface area contributed by atoms with Crippen molar-refractivity contribution in [1.82, 2.24) is 0 Å². The molecular weight excluding hydrogens is 198 g/mol. The van der Waals surface area contributed by atoms with Crippen molar-refractivity contribution in [2.75, 3.05) is 11.9 Å². The van der Waals surface area contributed by atoms with E-state index in [9.17, 15) is 17.6 Å². The van der Waals surface area contributed by atoms with Crippen LogP contribution in [0.25, 0.3) is 0 Å². The molecule has 5 heteroatoms. The summed E-state index contributed by atoms with van der Waals surface area (Å²) in [5.74, 6) is -0.887. The topological polar surface area (TPSA) is 12.0 Å². The van der Waals surface area contributed by atoms with Crippen LogP contribution in [0.1, 0.15) is 12.5 Å². The van der Waals surface area contributed by atoms with Gasteiger partial charge in [-0.05, 0) is 19.1 Å². The van der Waals surface area contributed by atoms with E-state index in [0.717, 1.165) is 18.2 Å². The Morgan fingerprint density at radius 1 is 1.29 bits per heavy atom. The molecule has 0 aliphatic heterocycles. The van der Waals surface area contributed by atoms with Crippen LogP contribution in [0.15, 0.2) is 18.2 Å².